The predicted molar refractivity (Wildman–Crippen MR) is 94.0 cm³/mol. The summed E-state index contributed by atoms with van der Waals surface area (Å²) in [4.78, 5) is 37.6. The highest BCUT2D eigenvalue weighted by atomic mass is 16.6. The van der Waals surface area contributed by atoms with Gasteiger partial charge >= 0.3 is 12.1 Å². The van der Waals surface area contributed by atoms with Crippen molar-refractivity contribution in [3.8, 4) is 0 Å². The molecule has 1 unspecified atom stereocenters. The highest BCUT2D eigenvalue weighted by Gasteiger charge is 2.38. The van der Waals surface area contributed by atoms with Gasteiger partial charge in [0, 0.05) is 31.3 Å². The van der Waals surface area contributed by atoms with Gasteiger partial charge in [0.05, 0.1) is 23.6 Å². The highest BCUT2D eigenvalue weighted by molar-refractivity contribution is 5.77. The van der Waals surface area contributed by atoms with E-state index >= 15 is 0 Å². The quantitative estimate of drug-likeness (QED) is 0.583. The average molecular weight is 378 g/mol. The molecular formula is C17H22N4O6. The van der Waals surface area contributed by atoms with E-state index in [0.717, 1.165) is 0 Å². The minimum atomic E-state index is -0.662. The minimum Gasteiger partial charge on any atom is -0.445 e. The number of nitrogens with zero attached hydrogens (tertiary/aromatic N) is 3. The van der Waals surface area contributed by atoms with Gasteiger partial charge in [-0.3, -0.25) is 10.1 Å². The molecule has 3 rings (SSSR count). The Morgan fingerprint density at radius 1 is 1.37 bits per heavy atom. The van der Waals surface area contributed by atoms with Crippen LogP contribution in [0.4, 0.5) is 15.3 Å². The van der Waals surface area contributed by atoms with E-state index in [1.54, 1.807) is 4.90 Å². The Labute approximate surface area is 155 Å². The number of ether oxygens (including phenoxy) is 1. The van der Waals surface area contributed by atoms with Crippen molar-refractivity contribution in [1.82, 2.24) is 15.1 Å². The molecule has 10 nitrogen and oxygen atoms in total. The lowest BCUT2D eigenvalue weighted by molar-refractivity contribution is -0.384. The number of carbonyl (C=O) groups is 2. The van der Waals surface area contributed by atoms with Crippen molar-refractivity contribution in [1.29, 1.82) is 0 Å². The van der Waals surface area contributed by atoms with Crippen LogP contribution in [0, 0.1) is 10.1 Å². The lowest BCUT2D eigenvalue weighted by Crippen LogP contribution is -2.44. The molecule has 3 atom stereocenters. The second-order valence-electron chi connectivity index (χ2n) is 6.93. The molecule has 2 saturated heterocycles. The molecule has 0 aliphatic carbocycles. The Morgan fingerprint density at radius 3 is 2.67 bits per heavy atom. The lowest BCUT2D eigenvalue weighted by Gasteiger charge is -2.27. The number of nitro benzene ring substituents is 1. The first kappa shape index (κ1) is 18.9. The number of nitrogens with one attached hydrogen (secondary N) is 1. The Hall–Kier alpha value is -2.88. The second kappa shape index (κ2) is 7.78. The van der Waals surface area contributed by atoms with E-state index in [0.29, 0.717) is 25.1 Å². The summed E-state index contributed by atoms with van der Waals surface area (Å²) in [7, 11) is 0. The first-order valence-electron chi connectivity index (χ1n) is 8.73. The molecule has 0 radical (unpaired) electrons. The van der Waals surface area contributed by atoms with Crippen LogP contribution in [0.15, 0.2) is 24.3 Å². The number of hydrogen-bond donors (Lipinski definition) is 2. The Kier molecular flexibility index (Phi) is 5.45. The molecule has 0 spiro atoms. The molecule has 2 aliphatic heterocycles. The molecule has 2 N–H and O–H groups in total. The second-order valence-corrected chi connectivity index (χ2v) is 6.93. The molecule has 1 aromatic carbocycles. The fraction of sp³-hybridized carbons (Fsp3) is 0.529. The summed E-state index contributed by atoms with van der Waals surface area (Å²) in [6.07, 6.45) is -0.863. The van der Waals surface area contributed by atoms with Gasteiger partial charge in [-0.1, -0.05) is 0 Å². The van der Waals surface area contributed by atoms with Crippen molar-refractivity contribution < 1.29 is 24.4 Å². The highest BCUT2D eigenvalue weighted by Crippen LogP contribution is 2.22. The van der Waals surface area contributed by atoms with Crippen LogP contribution < -0.4 is 5.32 Å². The van der Waals surface area contributed by atoms with Crippen molar-refractivity contribution in [2.45, 2.75) is 38.1 Å². The maximum absolute atomic E-state index is 12.4. The summed E-state index contributed by atoms with van der Waals surface area (Å²) in [6.45, 7) is 2.90. The van der Waals surface area contributed by atoms with Crippen LogP contribution in [-0.2, 0) is 11.3 Å². The van der Waals surface area contributed by atoms with Gasteiger partial charge < -0.3 is 25.0 Å². The first-order chi connectivity index (χ1) is 12.8. The van der Waals surface area contributed by atoms with E-state index in [-0.39, 0.29) is 37.0 Å². The van der Waals surface area contributed by atoms with E-state index in [1.165, 1.54) is 29.2 Å². The van der Waals surface area contributed by atoms with Crippen LogP contribution in [-0.4, -0.2) is 69.8 Å². The molecule has 1 aromatic rings. The van der Waals surface area contributed by atoms with Crippen molar-refractivity contribution in [3.63, 3.8) is 0 Å². The fourth-order valence-corrected chi connectivity index (χ4v) is 3.40. The van der Waals surface area contributed by atoms with E-state index in [4.69, 9.17) is 4.74 Å². The number of amides is 3. The summed E-state index contributed by atoms with van der Waals surface area (Å²) in [5, 5.41) is 23.4. The van der Waals surface area contributed by atoms with Gasteiger partial charge in [-0.2, -0.15) is 0 Å². The van der Waals surface area contributed by atoms with Gasteiger partial charge in [-0.15, -0.1) is 0 Å². The largest absolute Gasteiger partial charge is 0.445 e. The number of aliphatic hydroxyl groups is 1. The Morgan fingerprint density at radius 2 is 2.07 bits per heavy atom. The molecule has 0 saturated carbocycles. The predicted octanol–water partition coefficient (Wildman–Crippen LogP) is 1.08. The van der Waals surface area contributed by atoms with Crippen LogP contribution in [0.5, 0.6) is 0 Å². The molecule has 10 heteroatoms. The molecule has 2 heterocycles. The van der Waals surface area contributed by atoms with Crippen molar-refractivity contribution in [3.05, 3.63) is 39.9 Å². The van der Waals surface area contributed by atoms with Crippen LogP contribution in [0.25, 0.3) is 0 Å². The van der Waals surface area contributed by atoms with Crippen molar-refractivity contribution >= 4 is 17.8 Å². The van der Waals surface area contributed by atoms with Gasteiger partial charge in [-0.25, -0.2) is 9.59 Å². The molecule has 27 heavy (non-hydrogen) atoms. The van der Waals surface area contributed by atoms with Crippen molar-refractivity contribution in [2.24, 2.45) is 0 Å². The third kappa shape index (κ3) is 4.45. The summed E-state index contributed by atoms with van der Waals surface area (Å²) >= 11 is 0. The molecule has 146 valence electrons. The SMILES string of the molecule is CC1CN(C[C@@H]2C[C@@H](O)CN2C(=O)OCc2ccc([N+](=O)[O-])cc2)C(=O)N1. The molecule has 0 aromatic heterocycles. The summed E-state index contributed by atoms with van der Waals surface area (Å²) < 4.78 is 5.29. The third-order valence-electron chi connectivity index (χ3n) is 4.72. The van der Waals surface area contributed by atoms with Gasteiger partial charge in [0.25, 0.3) is 5.69 Å². The molecule has 2 fully saturated rings. The number of likely N-dealkylation sites (tertiary alicyclic amines) is 1. The zero-order valence-corrected chi connectivity index (χ0v) is 14.9. The van der Waals surface area contributed by atoms with Gasteiger partial charge in [0.1, 0.15) is 6.61 Å². The third-order valence-corrected chi connectivity index (χ3v) is 4.72. The number of nitro groups is 1. The molecule has 2 aliphatic rings. The van der Waals surface area contributed by atoms with E-state index < -0.39 is 17.1 Å². The van der Waals surface area contributed by atoms with Gasteiger partial charge in [-0.05, 0) is 31.0 Å². The van der Waals surface area contributed by atoms with Gasteiger partial charge in [0.2, 0.25) is 0 Å². The molecule has 0 bridgehead atoms. The Bertz CT molecular complexity index is 725. The zero-order valence-electron chi connectivity index (χ0n) is 14.9. The fourth-order valence-electron chi connectivity index (χ4n) is 3.40. The summed E-state index contributed by atoms with van der Waals surface area (Å²) in [6, 6.07) is 5.29. The van der Waals surface area contributed by atoms with Gasteiger partial charge in [0.15, 0.2) is 0 Å². The van der Waals surface area contributed by atoms with Crippen LogP contribution in [0.2, 0.25) is 0 Å². The number of non-ortho nitro benzene ring substituents is 1. The van der Waals surface area contributed by atoms with E-state index in [2.05, 4.69) is 5.32 Å². The number of urea groups is 1. The maximum Gasteiger partial charge on any atom is 0.410 e. The number of carbonyl (C=O) groups excluding carboxylic acids is 2. The Balaban J connectivity index is 1.57. The standard InChI is InChI=1S/C17H22N4O6/c1-11-7-19(16(23)18-11)8-14-6-15(22)9-20(14)17(24)27-10-12-2-4-13(5-3-12)21(25)26/h2-5,11,14-15,22H,6-10H2,1H3,(H,18,23)/t11?,14-,15+/m0/s1. The lowest BCUT2D eigenvalue weighted by atomic mass is 10.2. The maximum atomic E-state index is 12.4. The van der Waals surface area contributed by atoms with E-state index in [9.17, 15) is 24.8 Å². The van der Waals surface area contributed by atoms with E-state index in [1.807, 2.05) is 6.92 Å². The number of β-amino-alcohol motifs (C(OH)–C–C–N with tert-alkyl or cyclic N) is 1. The topological polar surface area (TPSA) is 125 Å². The monoisotopic (exact) mass is 378 g/mol. The normalized spacial score (nSPS) is 24.8. The number of aliphatic hydroxyl groups excluding tert-OH is 1. The molecule has 3 amide bonds. The number of benzene rings is 1. The minimum absolute atomic E-state index is 0.0304. The molecular weight excluding hydrogens is 356 g/mol. The van der Waals surface area contributed by atoms with Crippen molar-refractivity contribution in [2.75, 3.05) is 19.6 Å². The summed E-state index contributed by atoms with van der Waals surface area (Å²) in [5.74, 6) is 0. The average Bonchev–Trinajstić information content (AvgIpc) is 3.14. The smallest absolute Gasteiger partial charge is 0.410 e. The number of hydrogen-bond acceptors (Lipinski definition) is 6. The van der Waals surface area contributed by atoms with Crippen LogP contribution in [0.1, 0.15) is 18.9 Å². The van der Waals surface area contributed by atoms with Crippen LogP contribution >= 0.6 is 0 Å². The first-order valence-corrected chi connectivity index (χ1v) is 8.73. The number of rotatable bonds is 5. The van der Waals surface area contributed by atoms with Crippen LogP contribution in [0.3, 0.4) is 0 Å². The summed E-state index contributed by atoms with van der Waals surface area (Å²) in [5.41, 5.74) is 0.587. The zero-order chi connectivity index (χ0) is 19.6.